The topological polar surface area (TPSA) is 55.6 Å². The molecule has 1 heterocycles. The predicted octanol–water partition coefficient (Wildman–Crippen LogP) is 0.708. The van der Waals surface area contributed by atoms with E-state index in [9.17, 15) is 4.79 Å². The predicted molar refractivity (Wildman–Crippen MR) is 48.3 cm³/mol. The first-order valence-electron chi connectivity index (χ1n) is 4.97. The molecule has 0 aromatic heterocycles. The fourth-order valence-electron chi connectivity index (χ4n) is 1.82. The van der Waals surface area contributed by atoms with Crippen molar-refractivity contribution in [2.45, 2.75) is 37.8 Å². The molecule has 1 aliphatic heterocycles. The SMILES string of the molecule is NC1CC(OC(=O)N2CCCC2)C1. The molecular formula is C9H16N2O2. The Morgan fingerprint density at radius 2 is 1.92 bits per heavy atom. The van der Waals surface area contributed by atoms with Crippen molar-refractivity contribution in [2.24, 2.45) is 5.73 Å². The van der Waals surface area contributed by atoms with Crippen molar-refractivity contribution >= 4 is 6.09 Å². The molecule has 2 N–H and O–H groups in total. The molecule has 0 atom stereocenters. The fourth-order valence-corrected chi connectivity index (χ4v) is 1.82. The van der Waals surface area contributed by atoms with Gasteiger partial charge in [-0.1, -0.05) is 0 Å². The maximum Gasteiger partial charge on any atom is 0.410 e. The zero-order valence-corrected chi connectivity index (χ0v) is 7.74. The van der Waals surface area contributed by atoms with Gasteiger partial charge in [0.05, 0.1) is 0 Å². The molecule has 1 aliphatic carbocycles. The van der Waals surface area contributed by atoms with E-state index in [2.05, 4.69) is 0 Å². The van der Waals surface area contributed by atoms with Gasteiger partial charge in [0.15, 0.2) is 0 Å². The highest BCUT2D eigenvalue weighted by molar-refractivity contribution is 5.68. The van der Waals surface area contributed by atoms with E-state index in [0.717, 1.165) is 38.8 Å². The van der Waals surface area contributed by atoms with E-state index in [1.807, 2.05) is 0 Å². The molecule has 2 fully saturated rings. The van der Waals surface area contributed by atoms with Gasteiger partial charge in [0, 0.05) is 19.1 Å². The lowest BCUT2D eigenvalue weighted by Gasteiger charge is -2.32. The maximum absolute atomic E-state index is 11.4. The van der Waals surface area contributed by atoms with Crippen LogP contribution in [0.1, 0.15) is 25.7 Å². The van der Waals surface area contributed by atoms with Gasteiger partial charge in [-0.15, -0.1) is 0 Å². The molecule has 1 saturated carbocycles. The van der Waals surface area contributed by atoms with Crippen molar-refractivity contribution in [3.8, 4) is 0 Å². The van der Waals surface area contributed by atoms with Crippen LogP contribution in [0.25, 0.3) is 0 Å². The highest BCUT2D eigenvalue weighted by Gasteiger charge is 2.31. The summed E-state index contributed by atoms with van der Waals surface area (Å²) in [4.78, 5) is 13.2. The van der Waals surface area contributed by atoms with Gasteiger partial charge in [0.1, 0.15) is 6.10 Å². The van der Waals surface area contributed by atoms with E-state index < -0.39 is 0 Å². The van der Waals surface area contributed by atoms with E-state index in [1.54, 1.807) is 4.90 Å². The summed E-state index contributed by atoms with van der Waals surface area (Å²) >= 11 is 0. The molecule has 0 aromatic rings. The van der Waals surface area contributed by atoms with Gasteiger partial charge in [0.25, 0.3) is 0 Å². The molecule has 0 bridgehead atoms. The molecule has 4 heteroatoms. The van der Waals surface area contributed by atoms with Crippen LogP contribution >= 0.6 is 0 Å². The molecule has 13 heavy (non-hydrogen) atoms. The molecule has 0 unspecified atom stereocenters. The molecule has 0 radical (unpaired) electrons. The van der Waals surface area contributed by atoms with E-state index in [0.29, 0.717) is 0 Å². The molecule has 2 rings (SSSR count). The van der Waals surface area contributed by atoms with Crippen molar-refractivity contribution in [1.82, 2.24) is 4.90 Å². The molecule has 1 saturated heterocycles. The van der Waals surface area contributed by atoms with Crippen molar-refractivity contribution in [3.63, 3.8) is 0 Å². The minimum atomic E-state index is -0.144. The summed E-state index contributed by atoms with van der Waals surface area (Å²) in [5.41, 5.74) is 5.59. The smallest absolute Gasteiger partial charge is 0.410 e. The third kappa shape index (κ3) is 1.94. The lowest BCUT2D eigenvalue weighted by molar-refractivity contribution is 0.0218. The van der Waals surface area contributed by atoms with Crippen LogP contribution in [0, 0.1) is 0 Å². The Morgan fingerprint density at radius 1 is 1.31 bits per heavy atom. The molecule has 0 aromatic carbocycles. The van der Waals surface area contributed by atoms with Gasteiger partial charge in [-0.25, -0.2) is 4.79 Å². The molecular weight excluding hydrogens is 168 g/mol. The van der Waals surface area contributed by atoms with Crippen LogP contribution in [-0.4, -0.2) is 36.2 Å². The first-order chi connectivity index (χ1) is 6.25. The Kier molecular flexibility index (Phi) is 2.40. The number of rotatable bonds is 1. The summed E-state index contributed by atoms with van der Waals surface area (Å²) in [6, 6.07) is 0.247. The average Bonchev–Trinajstić information content (AvgIpc) is 2.53. The molecule has 2 aliphatic rings. The Labute approximate surface area is 78.0 Å². The zero-order valence-electron chi connectivity index (χ0n) is 7.74. The van der Waals surface area contributed by atoms with E-state index in [4.69, 9.17) is 10.5 Å². The monoisotopic (exact) mass is 184 g/mol. The standard InChI is InChI=1S/C9H16N2O2/c10-7-5-8(6-7)13-9(12)11-3-1-2-4-11/h7-8H,1-6,10H2. The Balaban J connectivity index is 1.72. The van der Waals surface area contributed by atoms with Gasteiger partial charge >= 0.3 is 6.09 Å². The van der Waals surface area contributed by atoms with Crippen molar-refractivity contribution in [2.75, 3.05) is 13.1 Å². The first-order valence-corrected chi connectivity index (χ1v) is 4.97. The minimum Gasteiger partial charge on any atom is -0.446 e. The van der Waals surface area contributed by atoms with Crippen molar-refractivity contribution in [1.29, 1.82) is 0 Å². The van der Waals surface area contributed by atoms with Crippen LogP contribution in [0.2, 0.25) is 0 Å². The number of nitrogens with zero attached hydrogens (tertiary/aromatic N) is 1. The normalized spacial score (nSPS) is 32.8. The van der Waals surface area contributed by atoms with Gasteiger partial charge < -0.3 is 15.4 Å². The summed E-state index contributed by atoms with van der Waals surface area (Å²) in [5, 5.41) is 0. The second-order valence-corrected chi connectivity index (χ2v) is 3.93. The van der Waals surface area contributed by atoms with Crippen LogP contribution < -0.4 is 5.73 Å². The number of likely N-dealkylation sites (tertiary alicyclic amines) is 1. The summed E-state index contributed by atoms with van der Waals surface area (Å²) in [6.07, 6.45) is 3.83. The second-order valence-electron chi connectivity index (χ2n) is 3.93. The number of hydrogen-bond donors (Lipinski definition) is 1. The Bertz CT molecular complexity index is 196. The number of amides is 1. The van der Waals surface area contributed by atoms with Crippen molar-refractivity contribution in [3.05, 3.63) is 0 Å². The van der Waals surface area contributed by atoms with Crippen LogP contribution in [-0.2, 0) is 4.74 Å². The van der Waals surface area contributed by atoms with Gasteiger partial charge in [0.2, 0.25) is 0 Å². The number of ether oxygens (including phenoxy) is 1. The summed E-state index contributed by atoms with van der Waals surface area (Å²) in [6.45, 7) is 1.72. The lowest BCUT2D eigenvalue weighted by atomic mass is 9.90. The van der Waals surface area contributed by atoms with E-state index >= 15 is 0 Å². The van der Waals surface area contributed by atoms with Crippen LogP contribution in [0.15, 0.2) is 0 Å². The lowest BCUT2D eigenvalue weighted by Crippen LogP contribution is -2.44. The summed E-state index contributed by atoms with van der Waals surface area (Å²) in [5.74, 6) is 0. The van der Waals surface area contributed by atoms with E-state index in [1.165, 1.54) is 0 Å². The highest BCUT2D eigenvalue weighted by atomic mass is 16.6. The van der Waals surface area contributed by atoms with Crippen molar-refractivity contribution < 1.29 is 9.53 Å². The molecule has 1 amide bonds. The number of nitrogens with two attached hydrogens (primary N) is 1. The van der Waals surface area contributed by atoms with E-state index in [-0.39, 0.29) is 18.2 Å². The third-order valence-corrected chi connectivity index (χ3v) is 2.76. The third-order valence-electron chi connectivity index (χ3n) is 2.76. The fraction of sp³-hybridized carbons (Fsp3) is 0.889. The van der Waals surface area contributed by atoms with Crippen LogP contribution in [0.4, 0.5) is 4.79 Å². The van der Waals surface area contributed by atoms with Crippen LogP contribution in [0.5, 0.6) is 0 Å². The van der Waals surface area contributed by atoms with Gasteiger partial charge in [-0.05, 0) is 25.7 Å². The molecule has 74 valence electrons. The largest absolute Gasteiger partial charge is 0.446 e. The second kappa shape index (κ2) is 3.54. The Hall–Kier alpha value is -0.770. The Morgan fingerprint density at radius 3 is 2.46 bits per heavy atom. The quantitative estimate of drug-likeness (QED) is 0.653. The number of carbonyl (C=O) groups is 1. The first kappa shape index (κ1) is 8.81. The van der Waals surface area contributed by atoms with Gasteiger partial charge in [-0.3, -0.25) is 0 Å². The molecule has 4 nitrogen and oxygen atoms in total. The van der Waals surface area contributed by atoms with Gasteiger partial charge in [-0.2, -0.15) is 0 Å². The summed E-state index contributed by atoms with van der Waals surface area (Å²) in [7, 11) is 0. The maximum atomic E-state index is 11.4. The number of carbonyl (C=O) groups excluding carboxylic acids is 1. The minimum absolute atomic E-state index is 0.0862. The summed E-state index contributed by atoms with van der Waals surface area (Å²) < 4.78 is 5.25. The molecule has 0 spiro atoms. The highest BCUT2D eigenvalue weighted by Crippen LogP contribution is 2.22. The van der Waals surface area contributed by atoms with Crippen LogP contribution in [0.3, 0.4) is 0 Å². The zero-order chi connectivity index (χ0) is 9.26. The average molecular weight is 184 g/mol. The number of hydrogen-bond acceptors (Lipinski definition) is 3.